The van der Waals surface area contributed by atoms with E-state index in [1.54, 1.807) is 48.5 Å². The number of halogens is 1. The lowest BCUT2D eigenvalue weighted by Gasteiger charge is -2.07. The molecule has 2 rings (SSSR count). The van der Waals surface area contributed by atoms with Gasteiger partial charge in [0, 0.05) is 10.0 Å². The van der Waals surface area contributed by atoms with Crippen molar-refractivity contribution in [3.8, 4) is 5.75 Å². The Labute approximate surface area is 162 Å². The molecule has 138 valence electrons. The number of esters is 1. The molecule has 4 nitrogen and oxygen atoms in total. The summed E-state index contributed by atoms with van der Waals surface area (Å²) in [5, 5.41) is 0. The minimum absolute atomic E-state index is 0.245. The average Bonchev–Trinajstić information content (AvgIpc) is 2.66. The molecule has 0 bridgehead atoms. The summed E-state index contributed by atoms with van der Waals surface area (Å²) in [5.74, 6) is -0.0206. The number of ketones is 1. The van der Waals surface area contributed by atoms with E-state index in [9.17, 15) is 9.59 Å². The number of ether oxygens (including phenoxy) is 2. The number of Topliss-reactive ketones (excluding diaryl/α,β-unsaturated/α-hetero) is 1. The predicted molar refractivity (Wildman–Crippen MR) is 105 cm³/mol. The van der Waals surface area contributed by atoms with Crippen LogP contribution in [0.2, 0.25) is 0 Å². The van der Waals surface area contributed by atoms with E-state index in [1.165, 1.54) is 12.8 Å². The van der Waals surface area contributed by atoms with Crippen molar-refractivity contribution in [2.75, 3.05) is 13.2 Å². The Morgan fingerprint density at radius 2 is 1.54 bits per heavy atom. The van der Waals surface area contributed by atoms with Crippen LogP contribution in [0.5, 0.6) is 5.75 Å². The third-order valence-corrected chi connectivity index (χ3v) is 4.39. The highest BCUT2D eigenvalue weighted by molar-refractivity contribution is 9.10. The third kappa shape index (κ3) is 6.64. The first-order valence-electron chi connectivity index (χ1n) is 8.79. The molecule has 2 aromatic carbocycles. The molecule has 0 spiro atoms. The zero-order valence-corrected chi connectivity index (χ0v) is 16.5. The summed E-state index contributed by atoms with van der Waals surface area (Å²) in [6, 6.07) is 13.7. The van der Waals surface area contributed by atoms with Crippen LogP contribution in [-0.2, 0) is 4.74 Å². The second-order valence-electron chi connectivity index (χ2n) is 5.94. The highest BCUT2D eigenvalue weighted by Gasteiger charge is 2.12. The van der Waals surface area contributed by atoms with Crippen molar-refractivity contribution in [1.29, 1.82) is 0 Å². The fourth-order valence-electron chi connectivity index (χ4n) is 2.34. The number of hydrogen-bond donors (Lipinski definition) is 0. The quantitative estimate of drug-likeness (QED) is 0.292. The van der Waals surface area contributed by atoms with Crippen molar-refractivity contribution in [2.45, 2.75) is 32.6 Å². The molecule has 0 amide bonds. The van der Waals surface area contributed by atoms with Crippen LogP contribution in [0.15, 0.2) is 53.0 Å². The maximum atomic E-state index is 12.2. The van der Waals surface area contributed by atoms with Gasteiger partial charge in [-0.15, -0.1) is 0 Å². The number of carbonyl (C=O) groups is 2. The molecule has 0 aromatic heterocycles. The Kier molecular flexibility index (Phi) is 8.35. The van der Waals surface area contributed by atoms with Gasteiger partial charge >= 0.3 is 5.97 Å². The summed E-state index contributed by atoms with van der Waals surface area (Å²) < 4.78 is 11.6. The normalized spacial score (nSPS) is 10.4. The summed E-state index contributed by atoms with van der Waals surface area (Å²) in [4.78, 5) is 24.1. The number of rotatable bonds is 10. The van der Waals surface area contributed by atoms with Gasteiger partial charge in [0.05, 0.1) is 12.2 Å². The van der Waals surface area contributed by atoms with E-state index >= 15 is 0 Å². The Balaban J connectivity index is 1.78. The molecule has 26 heavy (non-hydrogen) atoms. The highest BCUT2D eigenvalue weighted by Crippen LogP contribution is 2.15. The van der Waals surface area contributed by atoms with E-state index < -0.39 is 5.97 Å². The second-order valence-corrected chi connectivity index (χ2v) is 6.86. The molecule has 0 aliphatic heterocycles. The number of unbranched alkanes of at least 4 members (excludes halogenated alkanes) is 3. The van der Waals surface area contributed by atoms with Crippen LogP contribution < -0.4 is 4.74 Å². The molecule has 0 heterocycles. The molecule has 0 N–H and O–H groups in total. The smallest absolute Gasteiger partial charge is 0.338 e. The molecule has 2 aromatic rings. The van der Waals surface area contributed by atoms with E-state index in [2.05, 4.69) is 22.9 Å². The largest absolute Gasteiger partial charge is 0.494 e. The van der Waals surface area contributed by atoms with Gasteiger partial charge in [0.2, 0.25) is 0 Å². The fraction of sp³-hybridized carbons (Fsp3) is 0.333. The van der Waals surface area contributed by atoms with Crippen LogP contribution in [0.1, 0.15) is 53.3 Å². The molecular formula is C21H23BrO4. The zero-order valence-electron chi connectivity index (χ0n) is 14.9. The van der Waals surface area contributed by atoms with Crippen LogP contribution >= 0.6 is 15.9 Å². The van der Waals surface area contributed by atoms with Crippen molar-refractivity contribution in [1.82, 2.24) is 0 Å². The molecule has 0 fully saturated rings. The van der Waals surface area contributed by atoms with Crippen molar-refractivity contribution < 1.29 is 19.1 Å². The Hall–Kier alpha value is -2.14. The number of carbonyl (C=O) groups excluding carboxylic acids is 2. The van der Waals surface area contributed by atoms with Gasteiger partial charge in [0.25, 0.3) is 0 Å². The van der Waals surface area contributed by atoms with Gasteiger partial charge in [0.15, 0.2) is 12.4 Å². The van der Waals surface area contributed by atoms with Crippen LogP contribution in [0.3, 0.4) is 0 Å². The van der Waals surface area contributed by atoms with Crippen LogP contribution in [-0.4, -0.2) is 25.0 Å². The number of hydrogen-bond acceptors (Lipinski definition) is 4. The van der Waals surface area contributed by atoms with Crippen molar-refractivity contribution in [3.63, 3.8) is 0 Å². The van der Waals surface area contributed by atoms with Crippen LogP contribution in [0, 0.1) is 0 Å². The summed E-state index contributed by atoms with van der Waals surface area (Å²) in [6.45, 7) is 2.57. The molecule has 0 radical (unpaired) electrons. The molecule has 5 heteroatoms. The van der Waals surface area contributed by atoms with Gasteiger partial charge in [-0.05, 0) is 55.0 Å². The van der Waals surface area contributed by atoms with E-state index in [0.29, 0.717) is 17.7 Å². The van der Waals surface area contributed by atoms with Crippen LogP contribution in [0.25, 0.3) is 0 Å². The van der Waals surface area contributed by atoms with Gasteiger partial charge in [-0.25, -0.2) is 4.79 Å². The van der Waals surface area contributed by atoms with Crippen molar-refractivity contribution in [3.05, 3.63) is 64.1 Å². The van der Waals surface area contributed by atoms with Gasteiger partial charge < -0.3 is 9.47 Å². The monoisotopic (exact) mass is 418 g/mol. The molecule has 0 saturated carbocycles. The predicted octanol–water partition coefficient (Wildman–Crippen LogP) is 5.45. The Morgan fingerprint density at radius 3 is 2.19 bits per heavy atom. The maximum Gasteiger partial charge on any atom is 0.338 e. The minimum atomic E-state index is -0.516. The Morgan fingerprint density at radius 1 is 0.885 bits per heavy atom. The summed E-state index contributed by atoms with van der Waals surface area (Å²) in [6.07, 6.45) is 4.61. The molecule has 0 saturated heterocycles. The highest BCUT2D eigenvalue weighted by atomic mass is 79.9. The van der Waals surface area contributed by atoms with E-state index in [4.69, 9.17) is 9.47 Å². The minimum Gasteiger partial charge on any atom is -0.494 e. The molecule has 0 aliphatic carbocycles. The maximum absolute atomic E-state index is 12.2. The van der Waals surface area contributed by atoms with Gasteiger partial charge in [-0.1, -0.05) is 42.1 Å². The molecule has 0 unspecified atom stereocenters. The molecule has 0 aliphatic rings. The average molecular weight is 419 g/mol. The summed E-state index contributed by atoms with van der Waals surface area (Å²) >= 11 is 3.30. The van der Waals surface area contributed by atoms with E-state index in [1.807, 2.05) is 0 Å². The first-order chi connectivity index (χ1) is 12.6. The van der Waals surface area contributed by atoms with Crippen molar-refractivity contribution in [2.24, 2.45) is 0 Å². The Bertz CT molecular complexity index is 708. The topological polar surface area (TPSA) is 52.6 Å². The molecular weight excluding hydrogens is 396 g/mol. The van der Waals surface area contributed by atoms with Crippen LogP contribution in [0.4, 0.5) is 0 Å². The molecule has 0 atom stereocenters. The van der Waals surface area contributed by atoms with Gasteiger partial charge in [0.1, 0.15) is 5.75 Å². The second kappa shape index (κ2) is 10.8. The van der Waals surface area contributed by atoms with E-state index in [-0.39, 0.29) is 12.4 Å². The fourth-order valence-corrected chi connectivity index (χ4v) is 2.60. The lowest BCUT2D eigenvalue weighted by Crippen LogP contribution is -2.14. The summed E-state index contributed by atoms with van der Waals surface area (Å²) in [7, 11) is 0. The third-order valence-electron chi connectivity index (χ3n) is 3.86. The first kappa shape index (κ1) is 20.2. The lowest BCUT2D eigenvalue weighted by molar-refractivity contribution is 0.0474. The van der Waals surface area contributed by atoms with Gasteiger partial charge in [-0.2, -0.15) is 0 Å². The van der Waals surface area contributed by atoms with E-state index in [0.717, 1.165) is 23.1 Å². The zero-order chi connectivity index (χ0) is 18.8. The number of benzene rings is 2. The SMILES string of the molecule is CCCCCCOc1ccc(C(=O)COC(=O)c2ccc(Br)cc2)cc1. The first-order valence-corrected chi connectivity index (χ1v) is 9.58. The standard InChI is InChI=1S/C21H23BrO4/c1-2-3-4-5-14-25-19-12-8-16(9-13-19)20(23)15-26-21(24)17-6-10-18(22)11-7-17/h6-13H,2-5,14-15H2,1H3. The van der Waals surface area contributed by atoms with Crippen molar-refractivity contribution >= 4 is 27.7 Å². The summed E-state index contributed by atoms with van der Waals surface area (Å²) in [5.41, 5.74) is 0.903. The lowest BCUT2D eigenvalue weighted by atomic mass is 10.1. The van der Waals surface area contributed by atoms with Gasteiger partial charge in [-0.3, -0.25) is 4.79 Å².